The quantitative estimate of drug-likeness (QED) is 0.857. The van der Waals surface area contributed by atoms with Gasteiger partial charge in [-0.1, -0.05) is 17.9 Å². The molecule has 4 nitrogen and oxygen atoms in total. The molecule has 1 amide bonds. The molecule has 1 heterocycles. The van der Waals surface area contributed by atoms with Gasteiger partial charge < -0.3 is 10.4 Å². The molecule has 1 aromatic heterocycles. The molecule has 2 aromatic rings. The van der Waals surface area contributed by atoms with Crippen LogP contribution in [-0.4, -0.2) is 22.6 Å². The van der Waals surface area contributed by atoms with Gasteiger partial charge in [0.25, 0.3) is 5.91 Å². The number of hydrogen-bond acceptors (Lipinski definition) is 4. The van der Waals surface area contributed by atoms with Gasteiger partial charge in [-0.15, -0.1) is 11.3 Å². The minimum atomic E-state index is -0.242. The molecular weight excluding hydrogens is 284 g/mol. The number of carbonyl (C=O) groups is 1. The Hall–Kier alpha value is -2.16. The fourth-order valence-corrected chi connectivity index (χ4v) is 2.33. The van der Waals surface area contributed by atoms with Crippen molar-refractivity contribution in [1.82, 2.24) is 4.98 Å². The van der Waals surface area contributed by atoms with Gasteiger partial charge in [0.05, 0.1) is 17.3 Å². The summed E-state index contributed by atoms with van der Waals surface area (Å²) in [6.07, 6.45) is 0.409. The topological polar surface area (TPSA) is 62.2 Å². The van der Waals surface area contributed by atoms with Crippen LogP contribution in [0.3, 0.4) is 0 Å². The molecule has 0 bridgehead atoms. The number of nitrogens with one attached hydrogen (secondary N) is 1. The van der Waals surface area contributed by atoms with E-state index in [1.54, 1.807) is 5.38 Å². The third kappa shape index (κ3) is 4.15. The lowest BCUT2D eigenvalue weighted by Crippen LogP contribution is -2.13. The van der Waals surface area contributed by atoms with Gasteiger partial charge in [-0.05, 0) is 31.5 Å². The molecule has 0 fully saturated rings. The number of benzene rings is 1. The number of aliphatic hydroxyl groups excluding tert-OH is 1. The Balaban J connectivity index is 2.23. The second-order valence-electron chi connectivity index (χ2n) is 4.53. The largest absolute Gasteiger partial charge is 0.395 e. The summed E-state index contributed by atoms with van der Waals surface area (Å²) in [7, 11) is 0. The summed E-state index contributed by atoms with van der Waals surface area (Å²) < 4.78 is 0. The number of aliphatic hydroxyl groups is 1. The van der Waals surface area contributed by atoms with Crippen molar-refractivity contribution in [3.05, 3.63) is 45.4 Å². The zero-order valence-electron chi connectivity index (χ0n) is 11.9. The van der Waals surface area contributed by atoms with Crippen LogP contribution in [-0.2, 0) is 0 Å². The lowest BCUT2D eigenvalue weighted by Gasteiger charge is -2.07. The highest BCUT2D eigenvalue weighted by Gasteiger charge is 2.11. The molecule has 0 radical (unpaired) electrons. The number of thiazole rings is 1. The van der Waals surface area contributed by atoms with E-state index in [0.717, 1.165) is 16.1 Å². The molecule has 2 N–H and O–H groups in total. The summed E-state index contributed by atoms with van der Waals surface area (Å²) in [5, 5.41) is 14.2. The van der Waals surface area contributed by atoms with E-state index >= 15 is 0 Å². The van der Waals surface area contributed by atoms with Crippen molar-refractivity contribution >= 4 is 22.9 Å². The molecule has 108 valence electrons. The first kappa shape index (κ1) is 15.2. The van der Waals surface area contributed by atoms with Crippen LogP contribution in [0.2, 0.25) is 0 Å². The predicted octanol–water partition coefficient (Wildman–Crippen LogP) is 2.75. The monoisotopic (exact) mass is 300 g/mol. The third-order valence-corrected chi connectivity index (χ3v) is 3.51. The van der Waals surface area contributed by atoms with E-state index in [0.29, 0.717) is 17.8 Å². The van der Waals surface area contributed by atoms with Gasteiger partial charge in [-0.25, -0.2) is 4.98 Å². The number of aromatic nitrogens is 1. The highest BCUT2D eigenvalue weighted by Crippen LogP contribution is 2.18. The van der Waals surface area contributed by atoms with Crippen molar-refractivity contribution < 1.29 is 9.90 Å². The van der Waals surface area contributed by atoms with Crippen LogP contribution in [0.5, 0.6) is 0 Å². The van der Waals surface area contributed by atoms with Crippen molar-refractivity contribution in [2.75, 3.05) is 11.9 Å². The summed E-state index contributed by atoms with van der Waals surface area (Å²) in [6.45, 7) is 3.85. The van der Waals surface area contributed by atoms with Gasteiger partial charge in [0.2, 0.25) is 0 Å². The fourth-order valence-electron chi connectivity index (χ4n) is 1.74. The number of nitrogens with zero attached hydrogens (tertiary/aromatic N) is 1. The number of amides is 1. The first-order valence-corrected chi connectivity index (χ1v) is 7.42. The van der Waals surface area contributed by atoms with Gasteiger partial charge >= 0.3 is 0 Å². The first-order chi connectivity index (χ1) is 10.1. The van der Waals surface area contributed by atoms with Gasteiger partial charge in [0.15, 0.2) is 0 Å². The lowest BCUT2D eigenvalue weighted by molar-refractivity contribution is 0.102. The van der Waals surface area contributed by atoms with Crippen LogP contribution in [0.1, 0.15) is 33.0 Å². The molecule has 2 rings (SSSR count). The van der Waals surface area contributed by atoms with Crippen LogP contribution < -0.4 is 5.32 Å². The number of carbonyl (C=O) groups excluding carboxylic acids is 1. The van der Waals surface area contributed by atoms with Crippen molar-refractivity contribution in [2.24, 2.45) is 0 Å². The zero-order valence-corrected chi connectivity index (χ0v) is 12.8. The normalized spacial score (nSPS) is 9.86. The zero-order chi connectivity index (χ0) is 15.2. The van der Waals surface area contributed by atoms with E-state index in [9.17, 15) is 4.79 Å². The first-order valence-electron chi connectivity index (χ1n) is 6.54. The molecule has 0 saturated heterocycles. The van der Waals surface area contributed by atoms with E-state index in [-0.39, 0.29) is 12.5 Å². The van der Waals surface area contributed by atoms with Crippen molar-refractivity contribution in [1.29, 1.82) is 0 Å². The summed E-state index contributed by atoms with van der Waals surface area (Å²) in [5.74, 6) is 5.60. The van der Waals surface area contributed by atoms with E-state index < -0.39 is 0 Å². The van der Waals surface area contributed by atoms with Crippen LogP contribution in [0.15, 0.2) is 23.6 Å². The van der Waals surface area contributed by atoms with Crippen molar-refractivity contribution in [2.45, 2.75) is 20.3 Å². The highest BCUT2D eigenvalue weighted by molar-refractivity contribution is 7.09. The van der Waals surface area contributed by atoms with Gasteiger partial charge in [-0.2, -0.15) is 0 Å². The number of aryl methyl sites for hydroxylation is 2. The van der Waals surface area contributed by atoms with Crippen molar-refractivity contribution in [3.63, 3.8) is 0 Å². The minimum absolute atomic E-state index is 0.0264. The van der Waals surface area contributed by atoms with E-state index in [1.165, 1.54) is 11.3 Å². The maximum absolute atomic E-state index is 12.1. The predicted molar refractivity (Wildman–Crippen MR) is 84.6 cm³/mol. The number of anilines is 1. The molecule has 0 unspecified atom stereocenters. The molecule has 5 heteroatoms. The maximum Gasteiger partial charge on any atom is 0.275 e. The molecule has 0 aliphatic rings. The Labute approximate surface area is 127 Å². The van der Waals surface area contributed by atoms with E-state index in [2.05, 4.69) is 22.1 Å². The summed E-state index contributed by atoms with van der Waals surface area (Å²) in [5.41, 5.74) is 2.86. The average Bonchev–Trinajstić information content (AvgIpc) is 2.88. The van der Waals surface area contributed by atoms with E-state index in [4.69, 9.17) is 5.11 Å². The van der Waals surface area contributed by atoms with E-state index in [1.807, 2.05) is 32.0 Å². The van der Waals surface area contributed by atoms with Gasteiger partial charge in [-0.3, -0.25) is 4.79 Å². The summed E-state index contributed by atoms with van der Waals surface area (Å²) >= 11 is 1.44. The number of rotatable bonds is 3. The second-order valence-corrected chi connectivity index (χ2v) is 5.59. The Morgan fingerprint density at radius 3 is 2.90 bits per heavy atom. The molecule has 0 atom stereocenters. The summed E-state index contributed by atoms with van der Waals surface area (Å²) in [6, 6.07) is 5.65. The Kier molecular flexibility index (Phi) is 5.09. The second kappa shape index (κ2) is 7.02. The molecule has 1 aromatic carbocycles. The number of hydrogen-bond donors (Lipinski definition) is 2. The molecule has 0 spiro atoms. The summed E-state index contributed by atoms with van der Waals surface area (Å²) in [4.78, 5) is 16.3. The van der Waals surface area contributed by atoms with Crippen molar-refractivity contribution in [3.8, 4) is 11.8 Å². The standard InChI is InChI=1S/C16H16N2O2S/c1-11-6-7-14(13(9-11)5-3-4-8-19)18-16(20)15-10-21-12(2)17-15/h6-7,9-10,19H,4,8H2,1-2H3,(H,18,20). The van der Waals surface area contributed by atoms with Crippen LogP contribution in [0.4, 0.5) is 5.69 Å². The van der Waals surface area contributed by atoms with Crippen LogP contribution in [0.25, 0.3) is 0 Å². The minimum Gasteiger partial charge on any atom is -0.395 e. The Morgan fingerprint density at radius 1 is 1.43 bits per heavy atom. The molecule has 21 heavy (non-hydrogen) atoms. The third-order valence-electron chi connectivity index (χ3n) is 2.73. The average molecular weight is 300 g/mol. The smallest absolute Gasteiger partial charge is 0.275 e. The maximum atomic E-state index is 12.1. The van der Waals surface area contributed by atoms with Crippen LogP contribution >= 0.6 is 11.3 Å². The molecular formula is C16H16N2O2S. The Morgan fingerprint density at radius 2 is 2.24 bits per heavy atom. The highest BCUT2D eigenvalue weighted by atomic mass is 32.1. The Bertz CT molecular complexity index is 711. The van der Waals surface area contributed by atoms with Crippen LogP contribution in [0, 0.1) is 25.7 Å². The fraction of sp³-hybridized carbons (Fsp3) is 0.250. The van der Waals surface area contributed by atoms with Gasteiger partial charge in [0, 0.05) is 17.4 Å². The lowest BCUT2D eigenvalue weighted by atomic mass is 10.1. The molecule has 0 aliphatic carbocycles. The molecule has 0 aliphatic heterocycles. The molecule has 0 saturated carbocycles. The SMILES string of the molecule is Cc1ccc(NC(=O)c2csc(C)n2)c(C#CCCO)c1. The van der Waals surface area contributed by atoms with Gasteiger partial charge in [0.1, 0.15) is 5.69 Å².